The lowest BCUT2D eigenvalue weighted by Gasteiger charge is -2.37. The number of amides is 3. The molecule has 1 N–H and O–H groups in total. The van der Waals surface area contributed by atoms with Crippen LogP contribution >= 0.6 is 11.3 Å². The number of nitrogens with one attached hydrogen (secondary N) is 1. The molecule has 2 fully saturated rings. The van der Waals surface area contributed by atoms with E-state index in [1.165, 1.54) is 0 Å². The monoisotopic (exact) mass is 279 g/mol. The summed E-state index contributed by atoms with van der Waals surface area (Å²) in [6, 6.07) is -0.266. The van der Waals surface area contributed by atoms with Gasteiger partial charge in [0, 0.05) is 5.38 Å². The molecule has 2 aliphatic rings. The Morgan fingerprint density at radius 1 is 1.37 bits per heavy atom. The third kappa shape index (κ3) is 2.04. The Kier molecular flexibility index (Phi) is 3.05. The highest BCUT2D eigenvalue weighted by atomic mass is 32.1. The van der Waals surface area contributed by atoms with Gasteiger partial charge in [-0.2, -0.15) is 0 Å². The van der Waals surface area contributed by atoms with Gasteiger partial charge >= 0.3 is 6.03 Å². The van der Waals surface area contributed by atoms with Crippen molar-refractivity contribution in [2.24, 2.45) is 0 Å². The minimum absolute atomic E-state index is 0.121. The molecule has 1 aliphatic heterocycles. The molecule has 0 aromatic carbocycles. The Morgan fingerprint density at radius 2 is 2.11 bits per heavy atom. The van der Waals surface area contributed by atoms with Gasteiger partial charge in [0.05, 0.1) is 17.2 Å². The van der Waals surface area contributed by atoms with E-state index in [-0.39, 0.29) is 11.9 Å². The number of aryl methyl sites for hydroxylation is 1. The summed E-state index contributed by atoms with van der Waals surface area (Å²) in [5, 5.41) is 5.42. The normalized spacial score (nSPS) is 22.1. The fraction of sp³-hybridized carbons (Fsp3) is 0.615. The molecular weight excluding hydrogens is 262 g/mol. The number of hydrogen-bond donors (Lipinski definition) is 1. The Hall–Kier alpha value is -1.43. The summed E-state index contributed by atoms with van der Waals surface area (Å²) in [6.07, 6.45) is 4.70. The number of urea groups is 1. The standard InChI is InChI=1S/C13H17N3O2S/c1-9-14-10(8-19-9)7-16-12(18)15-11(17)13(16)5-3-2-4-6-13/h8H,2-7H2,1H3,(H,15,17,18). The average molecular weight is 279 g/mol. The van der Waals surface area contributed by atoms with Gasteiger partial charge in [-0.1, -0.05) is 19.3 Å². The van der Waals surface area contributed by atoms with Gasteiger partial charge in [0.1, 0.15) is 5.54 Å². The number of hydrogen-bond acceptors (Lipinski definition) is 4. The minimum atomic E-state index is -0.618. The van der Waals surface area contributed by atoms with Gasteiger partial charge in [-0.15, -0.1) is 11.3 Å². The second kappa shape index (κ2) is 4.59. The fourth-order valence-corrected chi connectivity index (χ4v) is 3.70. The van der Waals surface area contributed by atoms with Crippen LogP contribution in [-0.2, 0) is 11.3 Å². The predicted octanol–water partition coefficient (Wildman–Crippen LogP) is 2.21. The summed E-state index contributed by atoms with van der Waals surface area (Å²) in [7, 11) is 0. The number of rotatable bonds is 2. The zero-order valence-corrected chi connectivity index (χ0v) is 11.8. The van der Waals surface area contributed by atoms with Crippen molar-refractivity contribution >= 4 is 23.3 Å². The van der Waals surface area contributed by atoms with E-state index in [4.69, 9.17) is 0 Å². The molecule has 1 saturated carbocycles. The summed E-state index contributed by atoms with van der Waals surface area (Å²) in [4.78, 5) is 30.3. The third-order valence-electron chi connectivity index (χ3n) is 4.07. The van der Waals surface area contributed by atoms with Crippen LogP contribution in [0, 0.1) is 6.92 Å². The molecule has 1 spiro atoms. The molecule has 6 heteroatoms. The van der Waals surface area contributed by atoms with E-state index in [1.807, 2.05) is 12.3 Å². The maximum atomic E-state index is 12.2. The lowest BCUT2D eigenvalue weighted by molar-refractivity contribution is -0.128. The largest absolute Gasteiger partial charge is 0.325 e. The molecule has 19 heavy (non-hydrogen) atoms. The van der Waals surface area contributed by atoms with Gasteiger partial charge in [-0.25, -0.2) is 9.78 Å². The average Bonchev–Trinajstić information content (AvgIpc) is 2.89. The van der Waals surface area contributed by atoms with E-state index < -0.39 is 5.54 Å². The first-order valence-electron chi connectivity index (χ1n) is 6.66. The summed E-state index contributed by atoms with van der Waals surface area (Å²) in [6.45, 7) is 2.38. The van der Waals surface area contributed by atoms with Gasteiger partial charge in [-0.05, 0) is 19.8 Å². The first-order chi connectivity index (χ1) is 9.12. The summed E-state index contributed by atoms with van der Waals surface area (Å²) >= 11 is 1.57. The molecule has 3 rings (SSSR count). The molecule has 0 radical (unpaired) electrons. The van der Waals surface area contributed by atoms with Crippen LogP contribution in [0.15, 0.2) is 5.38 Å². The summed E-state index contributed by atoms with van der Waals surface area (Å²) in [5.74, 6) is -0.121. The second-order valence-electron chi connectivity index (χ2n) is 5.30. The molecule has 1 saturated heterocycles. The van der Waals surface area contributed by atoms with Crippen LogP contribution in [0.4, 0.5) is 4.79 Å². The van der Waals surface area contributed by atoms with E-state index in [1.54, 1.807) is 16.2 Å². The van der Waals surface area contributed by atoms with Crippen LogP contribution in [0.1, 0.15) is 42.8 Å². The van der Waals surface area contributed by atoms with E-state index in [0.717, 1.165) is 42.8 Å². The smallest absolute Gasteiger partial charge is 0.304 e. The van der Waals surface area contributed by atoms with Crippen LogP contribution in [-0.4, -0.2) is 27.4 Å². The van der Waals surface area contributed by atoms with Crippen LogP contribution in [0.5, 0.6) is 0 Å². The number of carbonyl (C=O) groups is 2. The Labute approximate surface area is 116 Å². The van der Waals surface area contributed by atoms with Crippen molar-refractivity contribution in [1.29, 1.82) is 0 Å². The van der Waals surface area contributed by atoms with Crippen molar-refractivity contribution in [2.45, 2.75) is 51.1 Å². The number of carbonyl (C=O) groups excluding carboxylic acids is 2. The van der Waals surface area contributed by atoms with Crippen molar-refractivity contribution in [3.8, 4) is 0 Å². The maximum absolute atomic E-state index is 12.2. The zero-order valence-electron chi connectivity index (χ0n) is 10.9. The highest BCUT2D eigenvalue weighted by molar-refractivity contribution is 7.09. The van der Waals surface area contributed by atoms with Gasteiger partial charge < -0.3 is 4.90 Å². The number of nitrogens with zero attached hydrogens (tertiary/aromatic N) is 2. The van der Waals surface area contributed by atoms with Gasteiger partial charge in [0.15, 0.2) is 0 Å². The molecule has 0 unspecified atom stereocenters. The van der Waals surface area contributed by atoms with Crippen LogP contribution < -0.4 is 5.32 Å². The SMILES string of the molecule is Cc1nc(CN2C(=O)NC(=O)C23CCCCC3)cs1. The number of thiazole rings is 1. The van der Waals surface area contributed by atoms with Gasteiger partial charge in [0.2, 0.25) is 0 Å². The van der Waals surface area contributed by atoms with Crippen LogP contribution in [0.3, 0.4) is 0 Å². The van der Waals surface area contributed by atoms with Gasteiger partial charge in [-0.3, -0.25) is 10.1 Å². The topological polar surface area (TPSA) is 62.3 Å². The predicted molar refractivity (Wildman–Crippen MR) is 71.7 cm³/mol. The highest BCUT2D eigenvalue weighted by Gasteiger charge is 2.52. The maximum Gasteiger partial charge on any atom is 0.325 e. The second-order valence-corrected chi connectivity index (χ2v) is 6.36. The summed E-state index contributed by atoms with van der Waals surface area (Å²) < 4.78 is 0. The van der Waals surface area contributed by atoms with Crippen molar-refractivity contribution < 1.29 is 9.59 Å². The van der Waals surface area contributed by atoms with Crippen LogP contribution in [0.2, 0.25) is 0 Å². The lowest BCUT2D eigenvalue weighted by atomic mass is 9.80. The molecular formula is C13H17N3O2S. The van der Waals surface area contributed by atoms with E-state index in [2.05, 4.69) is 10.3 Å². The molecule has 2 heterocycles. The first-order valence-corrected chi connectivity index (χ1v) is 7.54. The minimum Gasteiger partial charge on any atom is -0.304 e. The zero-order chi connectivity index (χ0) is 13.5. The van der Waals surface area contributed by atoms with E-state index in [9.17, 15) is 9.59 Å². The van der Waals surface area contributed by atoms with Crippen LogP contribution in [0.25, 0.3) is 0 Å². The van der Waals surface area contributed by atoms with Crippen molar-refractivity contribution in [2.75, 3.05) is 0 Å². The van der Waals surface area contributed by atoms with E-state index >= 15 is 0 Å². The van der Waals surface area contributed by atoms with Gasteiger partial charge in [0.25, 0.3) is 5.91 Å². The molecule has 1 aliphatic carbocycles. The lowest BCUT2D eigenvalue weighted by Crippen LogP contribution is -2.50. The molecule has 0 atom stereocenters. The molecule has 102 valence electrons. The molecule has 1 aromatic heterocycles. The van der Waals surface area contributed by atoms with Crippen molar-refractivity contribution in [3.05, 3.63) is 16.1 Å². The fourth-order valence-electron chi connectivity index (χ4n) is 3.10. The molecule has 0 bridgehead atoms. The molecule has 1 aromatic rings. The Bertz CT molecular complexity index is 520. The highest BCUT2D eigenvalue weighted by Crippen LogP contribution is 2.38. The Balaban J connectivity index is 1.88. The molecule has 5 nitrogen and oxygen atoms in total. The first kappa shape index (κ1) is 12.6. The number of aromatic nitrogens is 1. The third-order valence-corrected chi connectivity index (χ3v) is 4.89. The van der Waals surface area contributed by atoms with E-state index in [0.29, 0.717) is 6.54 Å². The van der Waals surface area contributed by atoms with Crippen molar-refractivity contribution in [3.63, 3.8) is 0 Å². The Morgan fingerprint density at radius 3 is 2.74 bits per heavy atom. The number of imide groups is 1. The molecule has 3 amide bonds. The summed E-state index contributed by atoms with van der Waals surface area (Å²) in [5.41, 5.74) is 0.254. The quantitative estimate of drug-likeness (QED) is 0.844. The van der Waals surface area contributed by atoms with Crippen molar-refractivity contribution in [1.82, 2.24) is 15.2 Å².